The molecule has 0 aliphatic rings. The molecule has 0 saturated heterocycles. The van der Waals surface area contributed by atoms with Crippen LogP contribution in [0, 0.1) is 5.41 Å². The van der Waals surface area contributed by atoms with Gasteiger partial charge in [-0.15, -0.1) is 0 Å². The van der Waals surface area contributed by atoms with Crippen LogP contribution in [-0.2, 0) is 20.7 Å². The van der Waals surface area contributed by atoms with Crippen LogP contribution in [0.4, 0.5) is 5.69 Å². The number of ketones is 1. The van der Waals surface area contributed by atoms with Gasteiger partial charge in [-0.2, -0.15) is 0 Å². The first kappa shape index (κ1) is 29.4. The number of carbonyl (C=O) groups is 3. The number of hydrogen-bond acceptors (Lipinski definition) is 6. The molecule has 3 rings (SSSR count). The molecule has 0 aliphatic heterocycles. The molecule has 0 bridgehead atoms. The van der Waals surface area contributed by atoms with E-state index >= 15 is 0 Å². The van der Waals surface area contributed by atoms with Gasteiger partial charge in [0.05, 0.1) is 13.7 Å². The number of nitrogens with one attached hydrogen (secondary N) is 1. The number of benzene rings is 3. The van der Waals surface area contributed by atoms with Crippen molar-refractivity contribution in [2.45, 2.75) is 40.2 Å². The zero-order valence-electron chi connectivity index (χ0n) is 23.4. The van der Waals surface area contributed by atoms with Crippen LogP contribution in [0.15, 0.2) is 78.9 Å². The van der Waals surface area contributed by atoms with E-state index in [9.17, 15) is 14.4 Å². The van der Waals surface area contributed by atoms with Crippen LogP contribution in [0.3, 0.4) is 0 Å². The molecule has 7 nitrogen and oxygen atoms in total. The Morgan fingerprint density at radius 2 is 1.54 bits per heavy atom. The molecule has 1 atom stereocenters. The molecular formula is C32H38N2O5. The number of rotatable bonds is 12. The first-order chi connectivity index (χ1) is 18.6. The third kappa shape index (κ3) is 8.18. The third-order valence-electron chi connectivity index (χ3n) is 6.33. The van der Waals surface area contributed by atoms with Crippen LogP contribution >= 0.6 is 0 Å². The van der Waals surface area contributed by atoms with Gasteiger partial charge in [-0.1, -0.05) is 75.4 Å². The summed E-state index contributed by atoms with van der Waals surface area (Å²) in [6, 6.07) is 23.0. The van der Waals surface area contributed by atoms with E-state index in [0.717, 1.165) is 5.56 Å². The Balaban J connectivity index is 1.67. The number of para-hydroxylation sites is 1. The quantitative estimate of drug-likeness (QED) is 0.250. The van der Waals surface area contributed by atoms with E-state index < -0.39 is 17.4 Å². The molecule has 3 aromatic rings. The summed E-state index contributed by atoms with van der Waals surface area (Å²) in [6.07, 6.45) is 0.352. The number of methoxy groups -OCH3 is 1. The van der Waals surface area contributed by atoms with Crippen molar-refractivity contribution in [1.82, 2.24) is 4.90 Å². The normalized spacial score (nSPS) is 11.8. The van der Waals surface area contributed by atoms with Gasteiger partial charge in [-0.3, -0.25) is 9.59 Å². The fraction of sp³-hybridized carbons (Fsp3) is 0.344. The predicted octanol–water partition coefficient (Wildman–Crippen LogP) is 5.39. The van der Waals surface area contributed by atoms with Crippen molar-refractivity contribution in [1.29, 1.82) is 0 Å². The number of nitrogens with zero attached hydrogens (tertiary/aromatic N) is 1. The van der Waals surface area contributed by atoms with Gasteiger partial charge in [0.15, 0.2) is 5.78 Å². The fourth-order valence-corrected chi connectivity index (χ4v) is 4.18. The lowest BCUT2D eigenvalue weighted by Crippen LogP contribution is -2.41. The number of ether oxygens (including phenoxy) is 2. The first-order valence-electron chi connectivity index (χ1n) is 13.2. The Hall–Kier alpha value is -4.13. The molecule has 0 spiro atoms. The summed E-state index contributed by atoms with van der Waals surface area (Å²) in [4.78, 5) is 40.1. The molecule has 0 unspecified atom stereocenters. The highest BCUT2D eigenvalue weighted by Crippen LogP contribution is 2.22. The maximum atomic E-state index is 13.1. The Bertz CT molecular complexity index is 1250. The van der Waals surface area contributed by atoms with E-state index in [1.807, 2.05) is 76.2 Å². The molecule has 0 fully saturated rings. The molecular weight excluding hydrogens is 492 g/mol. The van der Waals surface area contributed by atoms with Crippen LogP contribution < -0.4 is 10.1 Å². The van der Waals surface area contributed by atoms with Crippen LogP contribution in [0.5, 0.6) is 5.75 Å². The van der Waals surface area contributed by atoms with Crippen molar-refractivity contribution >= 4 is 23.3 Å². The molecule has 3 aromatic carbocycles. The highest BCUT2D eigenvalue weighted by Gasteiger charge is 2.26. The van der Waals surface area contributed by atoms with Crippen molar-refractivity contribution in [2.75, 3.05) is 32.1 Å². The molecule has 0 heterocycles. The van der Waals surface area contributed by atoms with E-state index in [-0.39, 0.29) is 11.7 Å². The van der Waals surface area contributed by atoms with Crippen LogP contribution in [0.1, 0.15) is 49.2 Å². The smallest absolute Gasteiger partial charge is 0.328 e. The number of hydrogen-bond donors (Lipinski definition) is 1. The minimum atomic E-state index is -0.701. The zero-order valence-corrected chi connectivity index (χ0v) is 23.4. The average molecular weight is 531 g/mol. The number of anilines is 1. The monoisotopic (exact) mass is 530 g/mol. The van der Waals surface area contributed by atoms with E-state index in [0.29, 0.717) is 48.7 Å². The molecule has 0 aliphatic carbocycles. The second kappa shape index (κ2) is 13.6. The van der Waals surface area contributed by atoms with Crippen molar-refractivity contribution in [3.63, 3.8) is 0 Å². The summed E-state index contributed by atoms with van der Waals surface area (Å²) >= 11 is 0. The summed E-state index contributed by atoms with van der Waals surface area (Å²) in [5.41, 5.74) is 2.08. The van der Waals surface area contributed by atoms with Crippen LogP contribution in [0.25, 0.3) is 0 Å². The average Bonchev–Trinajstić information content (AvgIpc) is 2.95. The fourth-order valence-electron chi connectivity index (χ4n) is 4.18. The number of amides is 1. The second-order valence-electron chi connectivity index (χ2n) is 10.3. The van der Waals surface area contributed by atoms with Gasteiger partial charge in [0, 0.05) is 35.2 Å². The van der Waals surface area contributed by atoms with E-state index in [2.05, 4.69) is 5.32 Å². The van der Waals surface area contributed by atoms with E-state index in [1.165, 1.54) is 7.11 Å². The number of carbonyl (C=O) groups excluding carboxylic acids is 3. The number of esters is 1. The molecule has 7 heteroatoms. The largest absolute Gasteiger partial charge is 0.492 e. The van der Waals surface area contributed by atoms with Crippen LogP contribution in [-0.4, -0.2) is 55.4 Å². The molecule has 1 amide bonds. The van der Waals surface area contributed by atoms with Gasteiger partial charge >= 0.3 is 5.97 Å². The maximum Gasteiger partial charge on any atom is 0.328 e. The second-order valence-corrected chi connectivity index (χ2v) is 10.3. The van der Waals surface area contributed by atoms with Crippen molar-refractivity contribution in [3.8, 4) is 5.75 Å². The van der Waals surface area contributed by atoms with E-state index in [1.54, 1.807) is 35.2 Å². The summed E-state index contributed by atoms with van der Waals surface area (Å²) in [7, 11) is 1.35. The molecule has 0 aromatic heterocycles. The van der Waals surface area contributed by atoms with Gasteiger partial charge in [0.1, 0.15) is 18.4 Å². The van der Waals surface area contributed by atoms with Gasteiger partial charge in [0.25, 0.3) is 0 Å². The Labute approximate surface area is 231 Å². The van der Waals surface area contributed by atoms with Crippen molar-refractivity contribution in [2.24, 2.45) is 5.41 Å². The lowest BCUT2D eigenvalue weighted by Gasteiger charge is -2.28. The maximum absolute atomic E-state index is 13.1. The standard InChI is InChI=1S/C32H38N2O5/c1-6-34(31(37)32(2,3)4)20-21-39-25-18-16-23(17-19-25)22-28(30(36)38-5)33-27-15-11-10-14-26(27)29(35)24-12-8-7-9-13-24/h7-19,28,33H,6,20-22H2,1-5H3/t28-/m0/s1. The van der Waals surface area contributed by atoms with Gasteiger partial charge in [0.2, 0.25) is 5.91 Å². The first-order valence-corrected chi connectivity index (χ1v) is 13.2. The van der Waals surface area contributed by atoms with Crippen molar-refractivity contribution < 1.29 is 23.9 Å². The Kier molecular flexibility index (Phi) is 10.3. The number of likely N-dealkylation sites (N-methyl/N-ethyl adjacent to an activating group) is 1. The van der Waals surface area contributed by atoms with Crippen molar-refractivity contribution in [3.05, 3.63) is 95.6 Å². The summed E-state index contributed by atoms with van der Waals surface area (Å²) in [6.45, 7) is 9.20. The van der Waals surface area contributed by atoms with Gasteiger partial charge < -0.3 is 19.7 Å². The SMILES string of the molecule is CCN(CCOc1ccc(C[C@H](Nc2ccccc2C(=O)c2ccccc2)C(=O)OC)cc1)C(=O)C(C)(C)C. The van der Waals surface area contributed by atoms with Gasteiger partial charge in [-0.05, 0) is 36.8 Å². The molecule has 206 valence electrons. The highest BCUT2D eigenvalue weighted by atomic mass is 16.5. The third-order valence-corrected chi connectivity index (χ3v) is 6.33. The summed E-state index contributed by atoms with van der Waals surface area (Å²) < 4.78 is 10.9. The molecule has 39 heavy (non-hydrogen) atoms. The molecule has 0 saturated carbocycles. The molecule has 1 N–H and O–H groups in total. The van der Waals surface area contributed by atoms with E-state index in [4.69, 9.17) is 9.47 Å². The molecule has 0 radical (unpaired) electrons. The topological polar surface area (TPSA) is 84.9 Å². The predicted molar refractivity (Wildman–Crippen MR) is 153 cm³/mol. The Morgan fingerprint density at radius 1 is 0.897 bits per heavy atom. The summed E-state index contributed by atoms with van der Waals surface area (Å²) in [5, 5.41) is 3.22. The highest BCUT2D eigenvalue weighted by molar-refractivity contribution is 6.12. The minimum absolute atomic E-state index is 0.0948. The zero-order chi connectivity index (χ0) is 28.4. The van der Waals surface area contributed by atoms with Crippen LogP contribution in [0.2, 0.25) is 0 Å². The minimum Gasteiger partial charge on any atom is -0.492 e. The lowest BCUT2D eigenvalue weighted by molar-refractivity contribution is -0.141. The Morgan fingerprint density at radius 3 is 2.15 bits per heavy atom. The lowest BCUT2D eigenvalue weighted by atomic mass is 9.95. The summed E-state index contributed by atoms with van der Waals surface area (Å²) in [5.74, 6) is 0.215. The van der Waals surface area contributed by atoms with Gasteiger partial charge in [-0.25, -0.2) is 4.79 Å².